The minimum Gasteiger partial charge on any atom is -0.348 e. The first-order chi connectivity index (χ1) is 10.6. The lowest BCUT2D eigenvalue weighted by Gasteiger charge is -2.21. The summed E-state index contributed by atoms with van der Waals surface area (Å²) in [5, 5.41) is 5.34. The summed E-state index contributed by atoms with van der Waals surface area (Å²) >= 11 is 3.40. The summed E-state index contributed by atoms with van der Waals surface area (Å²) in [6, 6.07) is 5.45. The van der Waals surface area contributed by atoms with Crippen molar-refractivity contribution in [2.45, 2.75) is 45.4 Å². The molecule has 0 radical (unpaired) electrons. The molecule has 0 bridgehead atoms. The SMILES string of the molecule is Cc1cc(NC(=O)C(=O)NCCC2CCCCC2)ccc1Br. The zero-order valence-corrected chi connectivity index (χ0v) is 14.5. The Kier molecular flexibility index (Phi) is 6.43. The molecule has 1 aromatic carbocycles. The zero-order chi connectivity index (χ0) is 15.9. The second-order valence-corrected chi connectivity index (χ2v) is 6.82. The minimum atomic E-state index is -0.606. The van der Waals surface area contributed by atoms with Crippen LogP contribution in [-0.4, -0.2) is 18.4 Å². The second-order valence-electron chi connectivity index (χ2n) is 5.97. The minimum absolute atomic E-state index is 0.559. The molecular formula is C17H23BrN2O2. The van der Waals surface area contributed by atoms with Crippen LogP contribution in [0.5, 0.6) is 0 Å². The molecule has 1 aromatic rings. The number of rotatable bonds is 4. The normalized spacial score (nSPS) is 15.4. The average molecular weight is 367 g/mol. The lowest BCUT2D eigenvalue weighted by Crippen LogP contribution is -2.36. The van der Waals surface area contributed by atoms with E-state index in [-0.39, 0.29) is 0 Å². The van der Waals surface area contributed by atoms with Gasteiger partial charge in [0.15, 0.2) is 0 Å². The first-order valence-electron chi connectivity index (χ1n) is 7.91. The predicted molar refractivity (Wildman–Crippen MR) is 91.7 cm³/mol. The van der Waals surface area contributed by atoms with Gasteiger partial charge >= 0.3 is 11.8 Å². The van der Waals surface area contributed by atoms with Crippen LogP contribution in [0.25, 0.3) is 0 Å². The zero-order valence-electron chi connectivity index (χ0n) is 13.0. The Balaban J connectivity index is 1.74. The molecule has 0 saturated heterocycles. The monoisotopic (exact) mass is 366 g/mol. The van der Waals surface area contributed by atoms with E-state index in [9.17, 15) is 9.59 Å². The van der Waals surface area contributed by atoms with Gasteiger partial charge in [-0.3, -0.25) is 9.59 Å². The molecule has 22 heavy (non-hydrogen) atoms. The molecule has 0 heterocycles. The molecule has 2 rings (SSSR count). The number of aryl methyl sites for hydroxylation is 1. The van der Waals surface area contributed by atoms with Crippen molar-refractivity contribution in [3.63, 3.8) is 0 Å². The average Bonchev–Trinajstić information content (AvgIpc) is 2.52. The quantitative estimate of drug-likeness (QED) is 0.796. The van der Waals surface area contributed by atoms with Gasteiger partial charge in [-0.25, -0.2) is 0 Å². The number of benzene rings is 1. The van der Waals surface area contributed by atoms with E-state index in [1.54, 1.807) is 6.07 Å². The van der Waals surface area contributed by atoms with Crippen molar-refractivity contribution in [1.82, 2.24) is 5.32 Å². The van der Waals surface area contributed by atoms with Crippen molar-refractivity contribution in [2.75, 3.05) is 11.9 Å². The van der Waals surface area contributed by atoms with E-state index in [0.717, 1.165) is 16.5 Å². The fourth-order valence-corrected chi connectivity index (χ4v) is 3.10. The van der Waals surface area contributed by atoms with Crippen molar-refractivity contribution < 1.29 is 9.59 Å². The van der Waals surface area contributed by atoms with Gasteiger partial charge in [0.1, 0.15) is 0 Å². The Morgan fingerprint density at radius 2 is 1.91 bits per heavy atom. The Bertz CT molecular complexity index is 539. The van der Waals surface area contributed by atoms with Gasteiger partial charge < -0.3 is 10.6 Å². The molecule has 0 aromatic heterocycles. The van der Waals surface area contributed by atoms with Crippen LogP contribution in [0.15, 0.2) is 22.7 Å². The van der Waals surface area contributed by atoms with Gasteiger partial charge in [-0.2, -0.15) is 0 Å². The number of nitrogens with one attached hydrogen (secondary N) is 2. The van der Waals surface area contributed by atoms with Crippen LogP contribution >= 0.6 is 15.9 Å². The Labute approximate surface area is 140 Å². The highest BCUT2D eigenvalue weighted by Crippen LogP contribution is 2.25. The molecule has 1 aliphatic carbocycles. The molecule has 2 amide bonds. The second kappa shape index (κ2) is 8.32. The molecule has 1 fully saturated rings. The maximum atomic E-state index is 11.9. The van der Waals surface area contributed by atoms with Crippen LogP contribution in [0.2, 0.25) is 0 Å². The lowest BCUT2D eigenvalue weighted by molar-refractivity contribution is -0.136. The van der Waals surface area contributed by atoms with Gasteiger partial charge in [-0.05, 0) is 43.0 Å². The predicted octanol–water partition coefficient (Wildman–Crippen LogP) is 3.78. The van der Waals surface area contributed by atoms with E-state index in [2.05, 4.69) is 26.6 Å². The molecule has 120 valence electrons. The number of hydrogen-bond acceptors (Lipinski definition) is 2. The third kappa shape index (κ3) is 5.13. The van der Waals surface area contributed by atoms with Gasteiger partial charge in [0, 0.05) is 16.7 Å². The van der Waals surface area contributed by atoms with Gasteiger partial charge in [-0.15, -0.1) is 0 Å². The van der Waals surface area contributed by atoms with E-state index in [1.807, 2.05) is 19.1 Å². The largest absolute Gasteiger partial charge is 0.348 e. The summed E-state index contributed by atoms with van der Waals surface area (Å²) in [7, 11) is 0. The van der Waals surface area contributed by atoms with Gasteiger partial charge in [0.2, 0.25) is 0 Å². The van der Waals surface area contributed by atoms with E-state index < -0.39 is 11.8 Å². The van der Waals surface area contributed by atoms with Crippen LogP contribution in [0.1, 0.15) is 44.1 Å². The highest BCUT2D eigenvalue weighted by atomic mass is 79.9. The van der Waals surface area contributed by atoms with Crippen LogP contribution in [0.4, 0.5) is 5.69 Å². The number of carbonyl (C=O) groups excluding carboxylic acids is 2. The molecule has 5 heteroatoms. The van der Waals surface area contributed by atoms with E-state index in [1.165, 1.54) is 32.1 Å². The molecule has 1 aliphatic rings. The van der Waals surface area contributed by atoms with Crippen molar-refractivity contribution in [3.05, 3.63) is 28.2 Å². The van der Waals surface area contributed by atoms with Crippen LogP contribution in [0, 0.1) is 12.8 Å². The van der Waals surface area contributed by atoms with Crippen molar-refractivity contribution in [3.8, 4) is 0 Å². The first-order valence-corrected chi connectivity index (χ1v) is 8.71. The maximum Gasteiger partial charge on any atom is 0.313 e. The van der Waals surface area contributed by atoms with Gasteiger partial charge in [0.05, 0.1) is 0 Å². The fourth-order valence-electron chi connectivity index (χ4n) is 2.86. The van der Waals surface area contributed by atoms with Crippen LogP contribution in [0.3, 0.4) is 0 Å². The molecule has 0 spiro atoms. The topological polar surface area (TPSA) is 58.2 Å². The molecule has 0 aliphatic heterocycles. The van der Waals surface area contributed by atoms with E-state index in [0.29, 0.717) is 18.2 Å². The molecule has 1 saturated carbocycles. The molecular weight excluding hydrogens is 344 g/mol. The lowest BCUT2D eigenvalue weighted by atomic mass is 9.87. The number of carbonyl (C=O) groups is 2. The maximum absolute atomic E-state index is 11.9. The van der Waals surface area contributed by atoms with Crippen LogP contribution < -0.4 is 10.6 Å². The molecule has 0 atom stereocenters. The van der Waals surface area contributed by atoms with E-state index >= 15 is 0 Å². The number of amides is 2. The summed E-state index contributed by atoms with van der Waals surface area (Å²) in [6.07, 6.45) is 7.39. The third-order valence-corrected chi connectivity index (χ3v) is 5.07. The number of halogens is 1. The van der Waals surface area contributed by atoms with E-state index in [4.69, 9.17) is 0 Å². The Morgan fingerprint density at radius 3 is 2.59 bits per heavy atom. The van der Waals surface area contributed by atoms with Crippen LogP contribution in [-0.2, 0) is 9.59 Å². The van der Waals surface area contributed by atoms with Crippen molar-refractivity contribution in [1.29, 1.82) is 0 Å². The summed E-state index contributed by atoms with van der Waals surface area (Å²) in [5.74, 6) is -0.465. The third-order valence-electron chi connectivity index (χ3n) is 4.18. The Hall–Kier alpha value is -1.36. The standard InChI is InChI=1S/C17H23BrN2O2/c1-12-11-14(7-8-15(12)18)20-17(22)16(21)19-10-9-13-5-3-2-4-6-13/h7-8,11,13H,2-6,9-10H2,1H3,(H,19,21)(H,20,22). The fraction of sp³-hybridized carbons (Fsp3) is 0.529. The molecule has 2 N–H and O–H groups in total. The van der Waals surface area contributed by atoms with Crippen molar-refractivity contribution >= 4 is 33.4 Å². The first kappa shape index (κ1) is 17.0. The van der Waals surface area contributed by atoms with Gasteiger partial charge in [-0.1, -0.05) is 48.0 Å². The summed E-state index contributed by atoms with van der Waals surface area (Å²) in [5.41, 5.74) is 1.64. The molecule has 4 nitrogen and oxygen atoms in total. The Morgan fingerprint density at radius 1 is 1.18 bits per heavy atom. The summed E-state index contributed by atoms with van der Waals surface area (Å²) in [4.78, 5) is 23.7. The van der Waals surface area contributed by atoms with Crippen molar-refractivity contribution in [2.24, 2.45) is 5.92 Å². The summed E-state index contributed by atoms with van der Waals surface area (Å²) < 4.78 is 0.974. The number of anilines is 1. The molecule has 0 unspecified atom stereocenters. The number of hydrogen-bond donors (Lipinski definition) is 2. The van der Waals surface area contributed by atoms with Gasteiger partial charge in [0.25, 0.3) is 0 Å². The highest BCUT2D eigenvalue weighted by molar-refractivity contribution is 9.10. The smallest absolute Gasteiger partial charge is 0.313 e. The summed E-state index contributed by atoms with van der Waals surface area (Å²) in [6.45, 7) is 2.51. The highest BCUT2D eigenvalue weighted by Gasteiger charge is 2.16.